The molecule has 3 aliphatic rings. The van der Waals surface area contributed by atoms with Gasteiger partial charge in [0, 0.05) is 30.7 Å². The number of aliphatic hydroxyl groups excluding tert-OH is 3. The first-order chi connectivity index (χ1) is 16.5. The van der Waals surface area contributed by atoms with Gasteiger partial charge in [0.1, 0.15) is 22.4 Å². The van der Waals surface area contributed by atoms with E-state index < -0.39 is 18.2 Å². The summed E-state index contributed by atoms with van der Waals surface area (Å²) in [5.41, 5.74) is 3.61. The van der Waals surface area contributed by atoms with E-state index in [2.05, 4.69) is 15.6 Å². The Kier molecular flexibility index (Phi) is 5.63. The van der Waals surface area contributed by atoms with E-state index in [1.165, 1.54) is 6.42 Å². The van der Waals surface area contributed by atoms with Crippen LogP contribution in [0.4, 0.5) is 11.8 Å². The molecule has 0 spiro atoms. The van der Waals surface area contributed by atoms with Crippen LogP contribution in [-0.4, -0.2) is 66.2 Å². The maximum absolute atomic E-state index is 10.6. The highest BCUT2D eigenvalue weighted by atomic mass is 32.1. The van der Waals surface area contributed by atoms with Gasteiger partial charge in [-0.2, -0.15) is 4.98 Å². The number of thiazole rings is 1. The van der Waals surface area contributed by atoms with Gasteiger partial charge < -0.3 is 26.0 Å². The molecule has 4 atom stereocenters. The average Bonchev–Trinajstić information content (AvgIpc) is 3.49. The molecule has 34 heavy (non-hydrogen) atoms. The molecule has 3 heterocycles. The highest BCUT2D eigenvalue weighted by molar-refractivity contribution is 7.21. The van der Waals surface area contributed by atoms with Crippen molar-refractivity contribution in [3.63, 3.8) is 0 Å². The van der Waals surface area contributed by atoms with Crippen LogP contribution in [0, 0.1) is 12.8 Å². The number of hydrogen-bond acceptors (Lipinski definition) is 10. The van der Waals surface area contributed by atoms with Gasteiger partial charge in [-0.25, -0.2) is 9.97 Å². The topological polar surface area (TPSA) is 136 Å². The van der Waals surface area contributed by atoms with E-state index in [4.69, 9.17) is 15.0 Å². The van der Waals surface area contributed by atoms with Crippen LogP contribution in [0.1, 0.15) is 55.8 Å². The number of aryl methyl sites for hydroxylation is 1. The number of fused-ring (bicyclic) bond motifs is 1. The molecule has 0 saturated heterocycles. The molecule has 6 rings (SSSR count). The Morgan fingerprint density at radius 1 is 1.06 bits per heavy atom. The first-order valence-electron chi connectivity index (χ1n) is 12.2. The van der Waals surface area contributed by atoms with Crippen molar-refractivity contribution in [3.05, 3.63) is 23.7 Å². The molecular formula is C24H30N6O3S. The maximum atomic E-state index is 10.6. The fourth-order valence-electron chi connectivity index (χ4n) is 4.99. The molecule has 3 saturated carbocycles. The van der Waals surface area contributed by atoms with Crippen LogP contribution in [-0.2, 0) is 0 Å². The second-order valence-electron chi connectivity index (χ2n) is 9.87. The monoisotopic (exact) mass is 482 g/mol. The van der Waals surface area contributed by atoms with E-state index in [0.717, 1.165) is 57.9 Å². The molecular weight excluding hydrogens is 452 g/mol. The standard InChI is InChI=1S/C24H30N6O3S/c1-11-17(23-29-19-16(34-23)7-8-25-18(19)12-5-6-12)22(30-24(26-11)27-14-3-2-4-14)28-15-9-13(10-31)20(32)21(15)33/h7-8,12-15,20-21,31-33H,2-6,9-10H2,1H3,(H2,26,27,28,30)/t13-,15-,20-,21+/m1/s1. The minimum atomic E-state index is -0.996. The summed E-state index contributed by atoms with van der Waals surface area (Å²) in [6, 6.07) is 1.95. The van der Waals surface area contributed by atoms with Crippen LogP contribution in [0.3, 0.4) is 0 Å². The second kappa shape index (κ2) is 8.67. The number of aliphatic hydroxyl groups is 3. The summed E-state index contributed by atoms with van der Waals surface area (Å²) < 4.78 is 1.09. The Morgan fingerprint density at radius 2 is 1.88 bits per heavy atom. The first-order valence-corrected chi connectivity index (χ1v) is 13.0. The van der Waals surface area contributed by atoms with Gasteiger partial charge >= 0.3 is 0 Å². The molecule has 0 unspecified atom stereocenters. The predicted octanol–water partition coefficient (Wildman–Crippen LogP) is 2.81. The fourth-order valence-corrected chi connectivity index (χ4v) is 6.06. The van der Waals surface area contributed by atoms with Gasteiger partial charge in [-0.3, -0.25) is 4.98 Å². The smallest absolute Gasteiger partial charge is 0.225 e. The predicted molar refractivity (Wildman–Crippen MR) is 131 cm³/mol. The molecule has 0 aromatic carbocycles. The Hall–Kier alpha value is -2.40. The highest BCUT2D eigenvalue weighted by Gasteiger charge is 2.41. The third-order valence-corrected chi connectivity index (χ3v) is 8.44. The van der Waals surface area contributed by atoms with E-state index in [1.54, 1.807) is 11.3 Å². The van der Waals surface area contributed by atoms with Gasteiger partial charge in [-0.05, 0) is 51.5 Å². The second-order valence-corrected chi connectivity index (χ2v) is 10.9. The van der Waals surface area contributed by atoms with Crippen LogP contribution < -0.4 is 10.6 Å². The summed E-state index contributed by atoms with van der Waals surface area (Å²) in [7, 11) is 0. The van der Waals surface area contributed by atoms with Crippen molar-refractivity contribution in [1.82, 2.24) is 19.9 Å². The summed E-state index contributed by atoms with van der Waals surface area (Å²) >= 11 is 1.59. The number of rotatable bonds is 7. The van der Waals surface area contributed by atoms with Crippen LogP contribution in [0.15, 0.2) is 12.3 Å². The molecule has 0 radical (unpaired) electrons. The lowest BCUT2D eigenvalue weighted by Gasteiger charge is -2.27. The fraction of sp³-hybridized carbons (Fsp3) is 0.583. The minimum absolute atomic E-state index is 0.171. The summed E-state index contributed by atoms with van der Waals surface area (Å²) in [5.74, 6) is 1.26. The molecule has 5 N–H and O–H groups in total. The van der Waals surface area contributed by atoms with Gasteiger partial charge in [0.15, 0.2) is 0 Å². The molecule has 3 aliphatic carbocycles. The van der Waals surface area contributed by atoms with Crippen LogP contribution in [0.5, 0.6) is 0 Å². The molecule has 3 aromatic heterocycles. The van der Waals surface area contributed by atoms with E-state index in [1.807, 2.05) is 19.2 Å². The summed E-state index contributed by atoms with van der Waals surface area (Å²) in [6.45, 7) is 1.78. The Labute approximate surface area is 201 Å². The van der Waals surface area contributed by atoms with Gasteiger partial charge in [-0.15, -0.1) is 11.3 Å². The van der Waals surface area contributed by atoms with Crippen molar-refractivity contribution in [2.24, 2.45) is 5.92 Å². The van der Waals surface area contributed by atoms with Gasteiger partial charge in [0.2, 0.25) is 5.95 Å². The van der Waals surface area contributed by atoms with Gasteiger partial charge in [0.05, 0.1) is 33.8 Å². The number of aromatic nitrogens is 4. The maximum Gasteiger partial charge on any atom is 0.225 e. The van der Waals surface area contributed by atoms with Crippen molar-refractivity contribution < 1.29 is 15.3 Å². The molecule has 9 nitrogen and oxygen atoms in total. The molecule has 0 amide bonds. The third-order valence-electron chi connectivity index (χ3n) is 7.40. The first kappa shape index (κ1) is 22.1. The summed E-state index contributed by atoms with van der Waals surface area (Å²) in [5, 5.41) is 38.2. The lowest BCUT2D eigenvalue weighted by Crippen LogP contribution is -2.36. The van der Waals surface area contributed by atoms with Crippen molar-refractivity contribution in [1.29, 1.82) is 0 Å². The largest absolute Gasteiger partial charge is 0.396 e. The van der Waals surface area contributed by atoms with Crippen LogP contribution >= 0.6 is 11.3 Å². The van der Waals surface area contributed by atoms with E-state index in [-0.39, 0.29) is 12.5 Å². The van der Waals surface area contributed by atoms with Crippen molar-refractivity contribution >= 4 is 33.3 Å². The minimum Gasteiger partial charge on any atom is -0.396 e. The van der Waals surface area contributed by atoms with Crippen molar-refractivity contribution in [2.75, 3.05) is 17.2 Å². The lowest BCUT2D eigenvalue weighted by molar-refractivity contribution is 0.00446. The molecule has 3 aromatic rings. The number of hydrogen-bond donors (Lipinski definition) is 5. The van der Waals surface area contributed by atoms with E-state index in [0.29, 0.717) is 30.1 Å². The van der Waals surface area contributed by atoms with Crippen molar-refractivity contribution in [2.45, 2.75) is 75.7 Å². The Morgan fingerprint density at radius 3 is 2.56 bits per heavy atom. The van der Waals surface area contributed by atoms with E-state index >= 15 is 0 Å². The van der Waals surface area contributed by atoms with Gasteiger partial charge in [-0.1, -0.05) is 0 Å². The zero-order valence-corrected chi connectivity index (χ0v) is 19.9. The number of anilines is 2. The Bertz CT molecular complexity index is 1210. The van der Waals surface area contributed by atoms with E-state index in [9.17, 15) is 15.3 Å². The number of pyridine rings is 1. The zero-order chi connectivity index (χ0) is 23.4. The van der Waals surface area contributed by atoms with Crippen LogP contribution in [0.2, 0.25) is 0 Å². The quantitative estimate of drug-likeness (QED) is 0.344. The van der Waals surface area contributed by atoms with Crippen molar-refractivity contribution in [3.8, 4) is 10.6 Å². The Balaban J connectivity index is 1.41. The van der Waals surface area contributed by atoms with Crippen LogP contribution in [0.25, 0.3) is 20.8 Å². The summed E-state index contributed by atoms with van der Waals surface area (Å²) in [4.78, 5) is 19.1. The summed E-state index contributed by atoms with van der Waals surface area (Å²) in [6.07, 6.45) is 6.06. The SMILES string of the molecule is Cc1nc(NC2CCC2)nc(N[C@@H]2C[C@H](CO)[C@@H](O)[C@H]2O)c1-c1nc2c(C3CC3)nccc2s1. The zero-order valence-electron chi connectivity index (χ0n) is 19.1. The normalized spacial score (nSPS) is 27.2. The van der Waals surface area contributed by atoms with Gasteiger partial charge in [0.25, 0.3) is 0 Å². The molecule has 0 aliphatic heterocycles. The average molecular weight is 483 g/mol. The lowest BCUT2D eigenvalue weighted by atomic mass is 9.93. The third kappa shape index (κ3) is 3.92. The number of nitrogens with one attached hydrogen (secondary N) is 2. The molecule has 3 fully saturated rings. The molecule has 180 valence electrons. The molecule has 10 heteroatoms. The molecule has 0 bridgehead atoms. The number of nitrogens with zero attached hydrogens (tertiary/aromatic N) is 4. The highest BCUT2D eigenvalue weighted by Crippen LogP contribution is 2.44.